The zero-order valence-corrected chi connectivity index (χ0v) is 16.5. The topological polar surface area (TPSA) is 12.0 Å². The first-order chi connectivity index (χ1) is 10.0. The second kappa shape index (κ2) is 7.75. The van der Waals surface area contributed by atoms with Crippen LogP contribution in [0.25, 0.3) is 0 Å². The van der Waals surface area contributed by atoms with Gasteiger partial charge < -0.3 is 5.32 Å². The van der Waals surface area contributed by atoms with E-state index in [1.54, 1.807) is 0 Å². The Morgan fingerprint density at radius 2 is 1.86 bits per heavy atom. The summed E-state index contributed by atoms with van der Waals surface area (Å²) in [5.74, 6) is 0. The van der Waals surface area contributed by atoms with Crippen LogP contribution in [-0.2, 0) is 0 Å². The maximum absolute atomic E-state index is 3.69. The number of benzene rings is 2. The standard InChI is InChI=1S/C18H21BrIN/c1-4-9-21-18(14-6-5-12(2)13(3)10-14)16-11-15(19)7-8-17(16)20/h5-8,10-11,18,21H,4,9H2,1-3H3. The largest absolute Gasteiger partial charge is 0.306 e. The van der Waals surface area contributed by atoms with Gasteiger partial charge in [-0.05, 0) is 89.9 Å². The molecule has 112 valence electrons. The third kappa shape index (κ3) is 4.30. The predicted octanol–water partition coefficient (Wildman–Crippen LogP) is 5.76. The van der Waals surface area contributed by atoms with Gasteiger partial charge in [-0.25, -0.2) is 0 Å². The van der Waals surface area contributed by atoms with Gasteiger partial charge in [-0.2, -0.15) is 0 Å². The molecule has 2 rings (SSSR count). The SMILES string of the molecule is CCCNC(c1ccc(C)c(C)c1)c1cc(Br)ccc1I. The molecule has 2 aromatic rings. The molecule has 0 saturated heterocycles. The van der Waals surface area contributed by atoms with E-state index in [0.29, 0.717) is 0 Å². The minimum atomic E-state index is 0.244. The molecule has 0 amide bonds. The Labute approximate surface area is 149 Å². The predicted molar refractivity (Wildman–Crippen MR) is 103 cm³/mol. The van der Waals surface area contributed by atoms with Gasteiger partial charge in [-0.15, -0.1) is 0 Å². The molecule has 21 heavy (non-hydrogen) atoms. The van der Waals surface area contributed by atoms with E-state index in [2.05, 4.69) is 101 Å². The Bertz CT molecular complexity index is 625. The molecule has 0 bridgehead atoms. The maximum atomic E-state index is 3.69. The van der Waals surface area contributed by atoms with Gasteiger partial charge in [0.05, 0.1) is 6.04 Å². The first kappa shape index (κ1) is 17.0. The van der Waals surface area contributed by atoms with Crippen molar-refractivity contribution in [3.05, 3.63) is 66.7 Å². The summed E-state index contributed by atoms with van der Waals surface area (Å²) in [6, 6.07) is 13.5. The number of aryl methyl sites for hydroxylation is 2. The van der Waals surface area contributed by atoms with Gasteiger partial charge in [-0.1, -0.05) is 41.1 Å². The van der Waals surface area contributed by atoms with Crippen LogP contribution in [0.15, 0.2) is 40.9 Å². The fraction of sp³-hybridized carbons (Fsp3) is 0.333. The van der Waals surface area contributed by atoms with Gasteiger partial charge in [0, 0.05) is 8.04 Å². The highest BCUT2D eigenvalue weighted by atomic mass is 127. The van der Waals surface area contributed by atoms with Crippen LogP contribution >= 0.6 is 38.5 Å². The lowest BCUT2D eigenvalue weighted by Gasteiger charge is -2.22. The van der Waals surface area contributed by atoms with Crippen molar-refractivity contribution in [3.8, 4) is 0 Å². The van der Waals surface area contributed by atoms with Crippen molar-refractivity contribution in [3.63, 3.8) is 0 Å². The molecule has 0 radical (unpaired) electrons. The van der Waals surface area contributed by atoms with Gasteiger partial charge in [0.15, 0.2) is 0 Å². The van der Waals surface area contributed by atoms with Crippen molar-refractivity contribution in [2.45, 2.75) is 33.2 Å². The smallest absolute Gasteiger partial charge is 0.0587 e. The van der Waals surface area contributed by atoms with Crippen LogP contribution in [0.3, 0.4) is 0 Å². The Morgan fingerprint density at radius 3 is 2.52 bits per heavy atom. The molecule has 3 heteroatoms. The summed E-state index contributed by atoms with van der Waals surface area (Å²) < 4.78 is 2.42. The number of hydrogen-bond acceptors (Lipinski definition) is 1. The number of hydrogen-bond donors (Lipinski definition) is 1. The van der Waals surface area contributed by atoms with Crippen molar-refractivity contribution in [1.82, 2.24) is 5.32 Å². The molecular weight excluding hydrogens is 437 g/mol. The molecule has 0 aromatic heterocycles. The summed E-state index contributed by atoms with van der Waals surface area (Å²) in [5, 5.41) is 3.69. The van der Waals surface area contributed by atoms with Crippen LogP contribution in [-0.4, -0.2) is 6.54 Å². The zero-order valence-electron chi connectivity index (χ0n) is 12.7. The Kier molecular flexibility index (Phi) is 6.26. The minimum Gasteiger partial charge on any atom is -0.306 e. The molecule has 0 fully saturated rings. The average molecular weight is 458 g/mol. The fourth-order valence-electron chi connectivity index (χ4n) is 2.38. The lowest BCUT2D eigenvalue weighted by molar-refractivity contribution is 0.596. The number of rotatable bonds is 5. The van der Waals surface area contributed by atoms with E-state index >= 15 is 0 Å². The molecule has 0 saturated carbocycles. The molecule has 2 aromatic carbocycles. The zero-order chi connectivity index (χ0) is 15.4. The van der Waals surface area contributed by atoms with Crippen LogP contribution in [0.2, 0.25) is 0 Å². The van der Waals surface area contributed by atoms with E-state index in [1.807, 2.05) is 0 Å². The van der Waals surface area contributed by atoms with Gasteiger partial charge >= 0.3 is 0 Å². The third-order valence-corrected chi connectivity index (χ3v) is 5.21. The highest BCUT2D eigenvalue weighted by molar-refractivity contribution is 14.1. The molecule has 0 spiro atoms. The normalized spacial score (nSPS) is 12.4. The van der Waals surface area contributed by atoms with Gasteiger partial charge in [-0.3, -0.25) is 0 Å². The first-order valence-electron chi connectivity index (χ1n) is 7.28. The van der Waals surface area contributed by atoms with E-state index < -0.39 is 0 Å². The van der Waals surface area contributed by atoms with Crippen molar-refractivity contribution in [2.24, 2.45) is 0 Å². The van der Waals surface area contributed by atoms with Crippen molar-refractivity contribution in [2.75, 3.05) is 6.54 Å². The Hall–Kier alpha value is -0.390. The molecule has 1 atom stereocenters. The van der Waals surface area contributed by atoms with E-state index in [1.165, 1.54) is 25.8 Å². The monoisotopic (exact) mass is 457 g/mol. The summed E-state index contributed by atoms with van der Waals surface area (Å²) in [5.41, 5.74) is 5.36. The lowest BCUT2D eigenvalue weighted by atomic mass is 9.95. The van der Waals surface area contributed by atoms with Crippen molar-refractivity contribution >= 4 is 38.5 Å². The summed E-state index contributed by atoms with van der Waals surface area (Å²) in [7, 11) is 0. The van der Waals surface area contributed by atoms with Gasteiger partial charge in [0.25, 0.3) is 0 Å². The minimum absolute atomic E-state index is 0.244. The second-order valence-corrected chi connectivity index (χ2v) is 7.47. The van der Waals surface area contributed by atoms with E-state index in [-0.39, 0.29) is 6.04 Å². The molecule has 1 nitrogen and oxygen atoms in total. The van der Waals surface area contributed by atoms with Crippen LogP contribution in [0, 0.1) is 17.4 Å². The Morgan fingerprint density at radius 1 is 1.10 bits per heavy atom. The highest BCUT2D eigenvalue weighted by Gasteiger charge is 2.17. The lowest BCUT2D eigenvalue weighted by Crippen LogP contribution is -2.24. The molecule has 0 heterocycles. The Balaban J connectivity index is 2.46. The molecular formula is C18H21BrIN. The second-order valence-electron chi connectivity index (χ2n) is 5.40. The van der Waals surface area contributed by atoms with Crippen molar-refractivity contribution < 1.29 is 0 Å². The summed E-state index contributed by atoms with van der Waals surface area (Å²) >= 11 is 6.03. The third-order valence-electron chi connectivity index (χ3n) is 3.73. The van der Waals surface area contributed by atoms with Gasteiger partial charge in [0.2, 0.25) is 0 Å². The van der Waals surface area contributed by atoms with Crippen LogP contribution in [0.5, 0.6) is 0 Å². The van der Waals surface area contributed by atoms with E-state index in [0.717, 1.165) is 17.4 Å². The number of halogens is 2. The van der Waals surface area contributed by atoms with Crippen LogP contribution in [0.4, 0.5) is 0 Å². The number of nitrogens with one attached hydrogen (secondary N) is 1. The first-order valence-corrected chi connectivity index (χ1v) is 9.15. The summed E-state index contributed by atoms with van der Waals surface area (Å²) in [4.78, 5) is 0. The van der Waals surface area contributed by atoms with E-state index in [9.17, 15) is 0 Å². The molecule has 0 aliphatic carbocycles. The summed E-state index contributed by atoms with van der Waals surface area (Å²) in [6.45, 7) is 7.56. The molecule has 0 aliphatic rings. The quantitative estimate of drug-likeness (QED) is 0.562. The fourth-order valence-corrected chi connectivity index (χ4v) is 3.40. The maximum Gasteiger partial charge on any atom is 0.0587 e. The van der Waals surface area contributed by atoms with Crippen molar-refractivity contribution in [1.29, 1.82) is 0 Å². The van der Waals surface area contributed by atoms with Crippen LogP contribution < -0.4 is 5.32 Å². The molecule has 1 unspecified atom stereocenters. The molecule has 0 aliphatic heterocycles. The van der Waals surface area contributed by atoms with Crippen LogP contribution in [0.1, 0.15) is 41.6 Å². The average Bonchev–Trinajstić information content (AvgIpc) is 2.46. The highest BCUT2D eigenvalue weighted by Crippen LogP contribution is 2.30. The summed E-state index contributed by atoms with van der Waals surface area (Å²) in [6.07, 6.45) is 1.13. The van der Waals surface area contributed by atoms with Gasteiger partial charge in [0.1, 0.15) is 0 Å². The molecule has 1 N–H and O–H groups in total. The van der Waals surface area contributed by atoms with E-state index in [4.69, 9.17) is 0 Å².